The van der Waals surface area contributed by atoms with E-state index in [1.165, 1.54) is 6.07 Å². The molecule has 35 heavy (non-hydrogen) atoms. The summed E-state index contributed by atoms with van der Waals surface area (Å²) in [5.41, 5.74) is 4.32. The Morgan fingerprint density at radius 1 is 1.17 bits per heavy atom. The van der Waals surface area contributed by atoms with Crippen LogP contribution in [0.3, 0.4) is 0 Å². The summed E-state index contributed by atoms with van der Waals surface area (Å²) in [5, 5.41) is 15.9. The average molecular weight is 490 g/mol. The van der Waals surface area contributed by atoms with Gasteiger partial charge in [0.15, 0.2) is 0 Å². The molecule has 0 aliphatic carbocycles. The quantitative estimate of drug-likeness (QED) is 0.403. The number of nitriles is 1. The molecule has 3 aromatic rings. The van der Waals surface area contributed by atoms with Crippen LogP contribution in [0.25, 0.3) is 11.1 Å². The lowest BCUT2D eigenvalue weighted by Gasteiger charge is -2.30. The summed E-state index contributed by atoms with van der Waals surface area (Å²) >= 11 is 5.97. The van der Waals surface area contributed by atoms with Crippen LogP contribution < -0.4 is 15.5 Å². The van der Waals surface area contributed by atoms with Crippen LogP contribution in [0, 0.1) is 17.1 Å². The van der Waals surface area contributed by atoms with E-state index in [0.717, 1.165) is 49.4 Å². The largest absolute Gasteiger partial charge is 0.342 e. The molecular weight excluding hydrogens is 461 g/mol. The van der Waals surface area contributed by atoms with Gasteiger partial charge in [0.05, 0.1) is 16.7 Å². The second-order valence-corrected chi connectivity index (χ2v) is 9.07. The molecule has 180 valence electrons. The summed E-state index contributed by atoms with van der Waals surface area (Å²) in [4.78, 5) is 4.57. The van der Waals surface area contributed by atoms with Crippen LogP contribution in [0.1, 0.15) is 12.0 Å². The Hall–Kier alpha value is -3.37. The van der Waals surface area contributed by atoms with Crippen molar-refractivity contribution < 1.29 is 4.39 Å². The highest BCUT2D eigenvalue weighted by atomic mass is 35.5. The van der Waals surface area contributed by atoms with Crippen LogP contribution in [-0.4, -0.2) is 44.2 Å². The first kappa shape index (κ1) is 24.7. The molecule has 1 aliphatic heterocycles. The minimum atomic E-state index is -0.455. The zero-order valence-corrected chi connectivity index (χ0v) is 20.5. The molecular formula is C28H29ClFN5. The van der Waals surface area contributed by atoms with Crippen molar-refractivity contribution in [1.29, 1.82) is 5.26 Å². The minimum absolute atomic E-state index is 0.0634. The number of halogens is 2. The van der Waals surface area contributed by atoms with Crippen LogP contribution in [0.2, 0.25) is 5.02 Å². The van der Waals surface area contributed by atoms with Gasteiger partial charge in [-0.15, -0.1) is 0 Å². The van der Waals surface area contributed by atoms with Crippen molar-refractivity contribution in [2.24, 2.45) is 0 Å². The van der Waals surface area contributed by atoms with Crippen molar-refractivity contribution in [3.05, 3.63) is 95.5 Å². The van der Waals surface area contributed by atoms with E-state index >= 15 is 0 Å². The standard InChI is InChI=1S/C28H29ClFN5/c1-20(33-24-8-11-28(30)27(29)17-24)35(15-14-34-13-12-25(19-34)32-2)26-9-6-22(7-10-26)23-5-3-4-21(16-23)18-31/h3-11,16-17,25,32-33H,1,12-15,19H2,2H3. The fraction of sp³-hybridized carbons (Fsp3) is 0.250. The molecule has 7 heteroatoms. The highest BCUT2D eigenvalue weighted by Crippen LogP contribution is 2.27. The molecule has 0 amide bonds. The molecule has 1 unspecified atom stereocenters. The van der Waals surface area contributed by atoms with Gasteiger partial charge in [-0.05, 0) is 73.6 Å². The summed E-state index contributed by atoms with van der Waals surface area (Å²) in [7, 11) is 2.01. The van der Waals surface area contributed by atoms with E-state index in [2.05, 4.69) is 45.2 Å². The zero-order valence-electron chi connectivity index (χ0n) is 19.8. The van der Waals surface area contributed by atoms with E-state index in [-0.39, 0.29) is 5.02 Å². The lowest BCUT2D eigenvalue weighted by Crippen LogP contribution is -2.37. The molecule has 3 aromatic carbocycles. The Morgan fingerprint density at radius 2 is 1.97 bits per heavy atom. The summed E-state index contributed by atoms with van der Waals surface area (Å²) in [6.45, 7) is 7.97. The van der Waals surface area contributed by atoms with E-state index in [1.807, 2.05) is 37.4 Å². The van der Waals surface area contributed by atoms with Gasteiger partial charge in [-0.2, -0.15) is 5.26 Å². The van der Waals surface area contributed by atoms with Crippen molar-refractivity contribution in [2.75, 3.05) is 43.4 Å². The molecule has 4 rings (SSSR count). The van der Waals surface area contributed by atoms with Crippen LogP contribution in [0.5, 0.6) is 0 Å². The van der Waals surface area contributed by atoms with Gasteiger partial charge in [0.25, 0.3) is 0 Å². The summed E-state index contributed by atoms with van der Waals surface area (Å²) < 4.78 is 13.6. The van der Waals surface area contributed by atoms with Crippen LogP contribution in [0.4, 0.5) is 15.8 Å². The first-order valence-corrected chi connectivity index (χ1v) is 12.0. The van der Waals surface area contributed by atoms with Crippen LogP contribution in [-0.2, 0) is 0 Å². The molecule has 1 atom stereocenters. The molecule has 0 aromatic heterocycles. The maximum absolute atomic E-state index is 13.6. The lowest BCUT2D eigenvalue weighted by molar-refractivity contribution is 0.337. The number of hydrogen-bond acceptors (Lipinski definition) is 5. The molecule has 0 radical (unpaired) electrons. The van der Waals surface area contributed by atoms with Gasteiger partial charge in [-0.1, -0.05) is 42.4 Å². The summed E-state index contributed by atoms with van der Waals surface area (Å²) in [5.74, 6) is 0.222. The number of nitrogens with one attached hydrogen (secondary N) is 2. The van der Waals surface area contributed by atoms with Gasteiger partial charge in [-0.3, -0.25) is 4.90 Å². The monoisotopic (exact) mass is 489 g/mol. The molecule has 2 N–H and O–H groups in total. The van der Waals surface area contributed by atoms with E-state index in [1.54, 1.807) is 18.2 Å². The molecule has 0 spiro atoms. The lowest BCUT2D eigenvalue weighted by atomic mass is 10.0. The Balaban J connectivity index is 1.54. The number of nitrogens with zero attached hydrogens (tertiary/aromatic N) is 3. The minimum Gasteiger partial charge on any atom is -0.342 e. The van der Waals surface area contributed by atoms with Crippen molar-refractivity contribution >= 4 is 23.0 Å². The fourth-order valence-corrected chi connectivity index (χ4v) is 4.52. The first-order valence-electron chi connectivity index (χ1n) is 11.7. The topological polar surface area (TPSA) is 54.3 Å². The Kier molecular flexibility index (Phi) is 8.04. The van der Waals surface area contributed by atoms with Gasteiger partial charge >= 0.3 is 0 Å². The second-order valence-electron chi connectivity index (χ2n) is 8.67. The summed E-state index contributed by atoms with van der Waals surface area (Å²) in [6.07, 6.45) is 1.14. The molecule has 1 fully saturated rings. The third kappa shape index (κ3) is 6.20. The predicted octanol–water partition coefficient (Wildman–Crippen LogP) is 5.70. The highest BCUT2D eigenvalue weighted by molar-refractivity contribution is 6.31. The molecule has 1 heterocycles. The Bertz CT molecular complexity index is 1220. The van der Waals surface area contributed by atoms with Crippen molar-refractivity contribution in [1.82, 2.24) is 10.2 Å². The van der Waals surface area contributed by atoms with E-state index < -0.39 is 5.82 Å². The first-order chi connectivity index (χ1) is 17.0. The normalized spacial score (nSPS) is 15.5. The van der Waals surface area contributed by atoms with Gasteiger partial charge in [0, 0.05) is 37.1 Å². The number of benzene rings is 3. The average Bonchev–Trinajstić information content (AvgIpc) is 3.35. The SMILES string of the molecule is C=C(Nc1ccc(F)c(Cl)c1)N(CCN1CCC(NC)C1)c1ccc(-c2cccc(C#N)c2)cc1. The molecule has 0 bridgehead atoms. The van der Waals surface area contributed by atoms with E-state index in [9.17, 15) is 9.65 Å². The van der Waals surface area contributed by atoms with Crippen molar-refractivity contribution in [3.8, 4) is 17.2 Å². The Labute approximate surface area is 211 Å². The predicted molar refractivity (Wildman–Crippen MR) is 142 cm³/mol. The maximum atomic E-state index is 13.6. The third-order valence-corrected chi connectivity index (χ3v) is 6.65. The fourth-order valence-electron chi connectivity index (χ4n) is 4.34. The van der Waals surface area contributed by atoms with Gasteiger partial charge in [-0.25, -0.2) is 4.39 Å². The highest BCUT2D eigenvalue weighted by Gasteiger charge is 2.22. The van der Waals surface area contributed by atoms with Gasteiger partial charge in [0.2, 0.25) is 0 Å². The maximum Gasteiger partial charge on any atom is 0.141 e. The zero-order chi connectivity index (χ0) is 24.8. The smallest absolute Gasteiger partial charge is 0.141 e. The van der Waals surface area contributed by atoms with Crippen molar-refractivity contribution in [2.45, 2.75) is 12.5 Å². The third-order valence-electron chi connectivity index (χ3n) is 6.36. The number of anilines is 2. The van der Waals surface area contributed by atoms with E-state index in [4.69, 9.17) is 11.6 Å². The molecule has 1 saturated heterocycles. The second kappa shape index (κ2) is 11.4. The molecule has 1 aliphatic rings. The van der Waals surface area contributed by atoms with Crippen molar-refractivity contribution in [3.63, 3.8) is 0 Å². The number of hydrogen-bond donors (Lipinski definition) is 2. The number of likely N-dealkylation sites (tertiary alicyclic amines) is 1. The molecule has 5 nitrogen and oxygen atoms in total. The number of likely N-dealkylation sites (N-methyl/N-ethyl adjacent to an activating group) is 1. The number of rotatable bonds is 9. The summed E-state index contributed by atoms with van der Waals surface area (Å²) in [6, 6.07) is 23.0. The van der Waals surface area contributed by atoms with E-state index in [0.29, 0.717) is 23.1 Å². The van der Waals surface area contributed by atoms with Gasteiger partial charge in [0.1, 0.15) is 11.6 Å². The Morgan fingerprint density at radius 3 is 2.66 bits per heavy atom. The van der Waals surface area contributed by atoms with Crippen LogP contribution in [0.15, 0.2) is 79.1 Å². The van der Waals surface area contributed by atoms with Crippen LogP contribution >= 0.6 is 11.6 Å². The van der Waals surface area contributed by atoms with Gasteiger partial charge < -0.3 is 15.5 Å². The molecule has 0 saturated carbocycles.